The molecule has 1 aromatic carbocycles. The third kappa shape index (κ3) is 6.80. The van der Waals surface area contributed by atoms with Crippen molar-refractivity contribution in [3.8, 4) is 0 Å². The Labute approximate surface area is 158 Å². The smallest absolute Gasteiger partial charge is 0.311 e. The van der Waals surface area contributed by atoms with E-state index in [1.807, 2.05) is 18.2 Å². The van der Waals surface area contributed by atoms with E-state index in [1.54, 1.807) is 0 Å². The summed E-state index contributed by atoms with van der Waals surface area (Å²) in [5.74, 6) is 0.653. The molecule has 0 amide bonds. The van der Waals surface area contributed by atoms with Gasteiger partial charge in [0, 0.05) is 6.54 Å². The lowest BCUT2D eigenvalue weighted by molar-refractivity contribution is -0.153. The molecule has 0 aromatic heterocycles. The van der Waals surface area contributed by atoms with Gasteiger partial charge in [-0.3, -0.25) is 4.79 Å². The maximum absolute atomic E-state index is 12.0. The SMILES string of the molecule is COC(=O)C1(C)CCCC(CNCc2ccccccccc2)CCC1. The van der Waals surface area contributed by atoms with E-state index in [0.717, 1.165) is 38.8 Å². The largest absolute Gasteiger partial charge is 0.469 e. The first-order valence-corrected chi connectivity index (χ1v) is 9.80. The zero-order valence-electron chi connectivity index (χ0n) is 16.2. The second-order valence-electron chi connectivity index (χ2n) is 7.59. The minimum absolute atomic E-state index is 0.0410. The third-order valence-corrected chi connectivity index (χ3v) is 5.41. The lowest BCUT2D eigenvalue weighted by Gasteiger charge is -2.31. The Kier molecular flexibility index (Phi) is 8.63. The first-order chi connectivity index (χ1) is 12.6. The highest BCUT2D eigenvalue weighted by Gasteiger charge is 2.34. The fraction of sp³-hybridized carbons (Fsp3) is 0.522. The molecule has 0 spiro atoms. The predicted molar refractivity (Wildman–Crippen MR) is 107 cm³/mol. The normalized spacial score (nSPS) is 23.2. The van der Waals surface area contributed by atoms with Crippen LogP contribution in [0.25, 0.3) is 0 Å². The molecule has 1 aliphatic rings. The molecule has 0 unspecified atom stereocenters. The molecule has 0 radical (unpaired) electrons. The molecule has 1 aromatic rings. The van der Waals surface area contributed by atoms with Crippen molar-refractivity contribution in [3.05, 3.63) is 60.2 Å². The molecule has 1 fully saturated rings. The van der Waals surface area contributed by atoms with Crippen LogP contribution in [0.5, 0.6) is 0 Å². The number of hydrogen-bond acceptors (Lipinski definition) is 3. The van der Waals surface area contributed by atoms with Gasteiger partial charge in [-0.1, -0.05) is 67.4 Å². The fourth-order valence-corrected chi connectivity index (χ4v) is 3.76. The number of carbonyl (C=O) groups is 1. The standard InChI is InChI=1S/C23H33NO2/c1-23(22(25)26-2)16-10-14-21(15-11-17-23)19-24-18-20-12-8-6-4-3-5-7-9-13-20/h3-9,12-13,21,24H,10-11,14-19H2,1-2H3. The topological polar surface area (TPSA) is 38.3 Å². The molecule has 142 valence electrons. The van der Waals surface area contributed by atoms with Crippen molar-refractivity contribution in [1.82, 2.24) is 5.32 Å². The van der Waals surface area contributed by atoms with Crippen molar-refractivity contribution in [2.24, 2.45) is 11.3 Å². The molecule has 0 atom stereocenters. The van der Waals surface area contributed by atoms with Crippen LogP contribution in [-0.2, 0) is 16.1 Å². The van der Waals surface area contributed by atoms with Gasteiger partial charge in [0.1, 0.15) is 0 Å². The maximum Gasteiger partial charge on any atom is 0.311 e. The number of hydrogen-bond donors (Lipinski definition) is 1. The van der Waals surface area contributed by atoms with Gasteiger partial charge in [-0.2, -0.15) is 0 Å². The summed E-state index contributed by atoms with van der Waals surface area (Å²) in [6.45, 7) is 3.99. The lowest BCUT2D eigenvalue weighted by atomic mass is 9.76. The van der Waals surface area contributed by atoms with Gasteiger partial charge in [-0.05, 0) is 50.6 Å². The van der Waals surface area contributed by atoms with Gasteiger partial charge in [0.2, 0.25) is 0 Å². The number of nitrogens with one attached hydrogen (secondary N) is 1. The molecular formula is C23H33NO2. The van der Waals surface area contributed by atoms with E-state index < -0.39 is 0 Å². The van der Waals surface area contributed by atoms with Crippen molar-refractivity contribution in [3.63, 3.8) is 0 Å². The Hall–Kier alpha value is -1.87. The van der Waals surface area contributed by atoms with Gasteiger partial charge >= 0.3 is 5.97 Å². The van der Waals surface area contributed by atoms with Gasteiger partial charge in [-0.25, -0.2) is 0 Å². The molecule has 0 heterocycles. The van der Waals surface area contributed by atoms with Gasteiger partial charge in [0.25, 0.3) is 0 Å². The van der Waals surface area contributed by atoms with Crippen molar-refractivity contribution >= 4 is 5.97 Å². The van der Waals surface area contributed by atoms with Crippen LogP contribution in [0.15, 0.2) is 54.6 Å². The number of methoxy groups -OCH3 is 1. The lowest BCUT2D eigenvalue weighted by Crippen LogP contribution is -2.32. The predicted octanol–water partition coefficient (Wildman–Crippen LogP) is 5.05. The van der Waals surface area contributed by atoms with Crippen LogP contribution in [0, 0.1) is 11.3 Å². The summed E-state index contributed by atoms with van der Waals surface area (Å²) in [5, 5.41) is 3.62. The Morgan fingerprint density at radius 1 is 1.04 bits per heavy atom. The van der Waals surface area contributed by atoms with Crippen molar-refractivity contribution in [2.75, 3.05) is 13.7 Å². The number of carbonyl (C=O) groups excluding carboxylic acids is 1. The van der Waals surface area contributed by atoms with E-state index in [4.69, 9.17) is 4.74 Å². The van der Waals surface area contributed by atoms with Crippen molar-refractivity contribution in [2.45, 2.75) is 52.0 Å². The highest BCUT2D eigenvalue weighted by Crippen LogP contribution is 2.36. The van der Waals surface area contributed by atoms with Gasteiger partial charge in [-0.15, -0.1) is 0 Å². The highest BCUT2D eigenvalue weighted by atomic mass is 16.5. The molecular weight excluding hydrogens is 322 g/mol. The quantitative estimate of drug-likeness (QED) is 0.751. The Balaban J connectivity index is 1.81. The third-order valence-electron chi connectivity index (χ3n) is 5.41. The van der Waals surface area contributed by atoms with E-state index >= 15 is 0 Å². The van der Waals surface area contributed by atoms with Crippen LogP contribution in [0.2, 0.25) is 0 Å². The van der Waals surface area contributed by atoms with Gasteiger partial charge < -0.3 is 10.1 Å². The molecule has 0 saturated heterocycles. The summed E-state index contributed by atoms with van der Waals surface area (Å²) in [4.78, 5) is 12.0. The zero-order valence-corrected chi connectivity index (χ0v) is 16.2. The molecule has 2 rings (SSSR count). The average Bonchev–Trinajstić information content (AvgIpc) is 2.63. The molecule has 0 bridgehead atoms. The summed E-state index contributed by atoms with van der Waals surface area (Å²) in [7, 11) is 1.50. The van der Waals surface area contributed by atoms with Crippen LogP contribution in [-0.4, -0.2) is 19.6 Å². The first kappa shape index (κ1) is 20.4. The van der Waals surface area contributed by atoms with E-state index in [-0.39, 0.29) is 11.4 Å². The zero-order chi connectivity index (χ0) is 18.7. The molecule has 0 aliphatic heterocycles. The second-order valence-corrected chi connectivity index (χ2v) is 7.59. The maximum atomic E-state index is 12.0. The number of esters is 1. The summed E-state index contributed by atoms with van der Waals surface area (Å²) in [6.07, 6.45) is 6.44. The first-order valence-electron chi connectivity index (χ1n) is 9.80. The molecule has 3 heteroatoms. The van der Waals surface area contributed by atoms with E-state index in [9.17, 15) is 4.79 Å². The summed E-state index contributed by atoms with van der Waals surface area (Å²) < 4.78 is 5.01. The van der Waals surface area contributed by atoms with Crippen LogP contribution in [0.1, 0.15) is 51.0 Å². The average molecular weight is 356 g/mol. The minimum atomic E-state index is -0.285. The highest BCUT2D eigenvalue weighted by molar-refractivity contribution is 5.76. The van der Waals surface area contributed by atoms with Crippen molar-refractivity contribution in [1.29, 1.82) is 0 Å². The number of ether oxygens (including phenoxy) is 1. The van der Waals surface area contributed by atoms with E-state index in [1.165, 1.54) is 25.5 Å². The number of rotatable bonds is 5. The van der Waals surface area contributed by atoms with Crippen LogP contribution in [0.4, 0.5) is 0 Å². The van der Waals surface area contributed by atoms with Crippen LogP contribution < -0.4 is 5.32 Å². The van der Waals surface area contributed by atoms with Gasteiger partial charge in [0.05, 0.1) is 12.5 Å². The van der Waals surface area contributed by atoms with Gasteiger partial charge in [0.15, 0.2) is 0 Å². The van der Waals surface area contributed by atoms with Crippen molar-refractivity contribution < 1.29 is 9.53 Å². The molecule has 1 saturated carbocycles. The Bertz CT molecular complexity index is 578. The minimum Gasteiger partial charge on any atom is -0.469 e. The monoisotopic (exact) mass is 355 g/mol. The summed E-state index contributed by atoms with van der Waals surface area (Å²) >= 11 is 0. The van der Waals surface area contributed by atoms with Crippen LogP contribution >= 0.6 is 0 Å². The summed E-state index contributed by atoms with van der Waals surface area (Å²) in [6, 6.07) is 18.7. The van der Waals surface area contributed by atoms with Crippen LogP contribution in [0.3, 0.4) is 0 Å². The summed E-state index contributed by atoms with van der Waals surface area (Å²) in [5.41, 5.74) is 0.998. The Morgan fingerprint density at radius 2 is 1.58 bits per heavy atom. The molecule has 3 nitrogen and oxygen atoms in total. The van der Waals surface area contributed by atoms with E-state index in [2.05, 4.69) is 48.6 Å². The molecule has 1 aliphatic carbocycles. The second kappa shape index (κ2) is 11.0. The van der Waals surface area contributed by atoms with E-state index in [0.29, 0.717) is 5.92 Å². The molecule has 26 heavy (non-hydrogen) atoms. The molecule has 1 N–H and O–H groups in total. The Morgan fingerprint density at radius 3 is 2.12 bits per heavy atom. The fourth-order valence-electron chi connectivity index (χ4n) is 3.76.